The molecule has 1 aliphatic rings. The Labute approximate surface area is 181 Å². The second kappa shape index (κ2) is 8.05. The highest BCUT2D eigenvalue weighted by Gasteiger charge is 2.25. The molecule has 1 aromatic heterocycles. The minimum atomic E-state index is 0.224. The number of halogens is 2. The Kier molecular flexibility index (Phi) is 5.65. The lowest BCUT2D eigenvalue weighted by atomic mass is 9.83. The molecule has 0 saturated heterocycles. The zero-order valence-corrected chi connectivity index (χ0v) is 18.4. The van der Waals surface area contributed by atoms with Crippen molar-refractivity contribution in [3.8, 4) is 0 Å². The summed E-state index contributed by atoms with van der Waals surface area (Å²) >= 11 is 12.6. The summed E-state index contributed by atoms with van der Waals surface area (Å²) in [6.07, 6.45) is 6.42. The minimum Gasteiger partial charge on any atom is -0.397 e. The lowest BCUT2D eigenvalue weighted by molar-refractivity contribution is 0.252. The van der Waals surface area contributed by atoms with Crippen molar-refractivity contribution >= 4 is 51.6 Å². The number of nitrogens with two attached hydrogens (primary N) is 1. The molecule has 4 N–H and O–H groups in total. The number of aryl methyl sites for hydroxylation is 1. The van der Waals surface area contributed by atoms with Crippen molar-refractivity contribution in [1.82, 2.24) is 14.9 Å². The van der Waals surface area contributed by atoms with Crippen molar-refractivity contribution in [2.75, 3.05) is 11.1 Å². The van der Waals surface area contributed by atoms with Gasteiger partial charge in [-0.05, 0) is 49.6 Å². The zero-order valence-electron chi connectivity index (χ0n) is 16.9. The Morgan fingerprint density at radius 2 is 1.86 bits per heavy atom. The van der Waals surface area contributed by atoms with Gasteiger partial charge in [0.05, 0.1) is 32.5 Å². The van der Waals surface area contributed by atoms with E-state index in [4.69, 9.17) is 28.9 Å². The number of rotatable bonds is 5. The predicted octanol–water partition coefficient (Wildman–Crippen LogP) is 6.02. The van der Waals surface area contributed by atoms with Gasteiger partial charge in [-0.25, -0.2) is 4.98 Å². The molecule has 29 heavy (non-hydrogen) atoms. The Balaban J connectivity index is 1.55. The molecular formula is C22H27Cl2N5. The smallest absolute Gasteiger partial charge is 0.208 e. The van der Waals surface area contributed by atoms with Gasteiger partial charge in [-0.15, -0.1) is 0 Å². The Bertz CT molecular complexity index is 1040. The van der Waals surface area contributed by atoms with E-state index in [1.807, 2.05) is 23.7 Å². The SMILES string of the molecule is Cn1c(Nc2cc(CNC3(C)CCCCC3)ccc2Cl)nc2cc(Cl)c(N)cc21. The highest BCUT2D eigenvalue weighted by molar-refractivity contribution is 6.34. The molecule has 0 unspecified atom stereocenters. The fourth-order valence-electron chi connectivity index (χ4n) is 4.06. The average molecular weight is 432 g/mol. The van der Waals surface area contributed by atoms with Gasteiger partial charge >= 0.3 is 0 Å². The van der Waals surface area contributed by atoms with Crippen molar-refractivity contribution in [1.29, 1.82) is 0 Å². The monoisotopic (exact) mass is 431 g/mol. The molecule has 0 spiro atoms. The van der Waals surface area contributed by atoms with Gasteiger partial charge in [0.25, 0.3) is 0 Å². The summed E-state index contributed by atoms with van der Waals surface area (Å²) in [6, 6.07) is 9.71. The predicted molar refractivity (Wildman–Crippen MR) is 123 cm³/mol. The number of anilines is 3. The second-order valence-corrected chi connectivity index (χ2v) is 9.09. The maximum absolute atomic E-state index is 6.46. The lowest BCUT2D eigenvalue weighted by Gasteiger charge is -2.35. The number of fused-ring (bicyclic) bond motifs is 1. The standard InChI is InChI=1S/C22H27Cl2N5/c1-22(8-4-3-5-9-22)26-13-14-6-7-15(23)18(10-14)27-21-28-19-11-16(24)17(25)12-20(19)29(21)2/h6-7,10-12,26H,3-5,8-9,13,25H2,1-2H3,(H,27,28). The van der Waals surface area contributed by atoms with E-state index in [2.05, 4.69) is 34.7 Å². The normalized spacial score (nSPS) is 16.3. The fraction of sp³-hybridized carbons (Fsp3) is 0.409. The van der Waals surface area contributed by atoms with E-state index in [-0.39, 0.29) is 5.54 Å². The molecule has 0 atom stereocenters. The van der Waals surface area contributed by atoms with Gasteiger partial charge < -0.3 is 20.9 Å². The summed E-state index contributed by atoms with van der Waals surface area (Å²) in [5, 5.41) is 8.27. The molecular weight excluding hydrogens is 405 g/mol. The van der Waals surface area contributed by atoms with Crippen LogP contribution in [-0.4, -0.2) is 15.1 Å². The van der Waals surface area contributed by atoms with Gasteiger partial charge in [-0.2, -0.15) is 0 Å². The highest BCUT2D eigenvalue weighted by atomic mass is 35.5. The maximum Gasteiger partial charge on any atom is 0.208 e. The van der Waals surface area contributed by atoms with Crippen molar-refractivity contribution in [2.45, 2.75) is 51.1 Å². The fourth-order valence-corrected chi connectivity index (χ4v) is 4.39. The molecule has 7 heteroatoms. The van der Waals surface area contributed by atoms with E-state index < -0.39 is 0 Å². The van der Waals surface area contributed by atoms with E-state index in [9.17, 15) is 0 Å². The van der Waals surface area contributed by atoms with Crippen LogP contribution in [0.15, 0.2) is 30.3 Å². The first-order valence-corrected chi connectivity index (χ1v) is 10.8. The molecule has 0 radical (unpaired) electrons. The van der Waals surface area contributed by atoms with Crippen LogP contribution in [0.2, 0.25) is 10.0 Å². The molecule has 3 aromatic rings. The van der Waals surface area contributed by atoms with Gasteiger partial charge in [0, 0.05) is 19.1 Å². The number of imidazole rings is 1. The van der Waals surface area contributed by atoms with Crippen molar-refractivity contribution in [3.05, 3.63) is 45.9 Å². The molecule has 2 aromatic carbocycles. The van der Waals surface area contributed by atoms with Crippen LogP contribution in [0, 0.1) is 0 Å². The number of hydrogen-bond donors (Lipinski definition) is 3. The third-order valence-electron chi connectivity index (χ3n) is 5.95. The molecule has 1 saturated carbocycles. The van der Waals surface area contributed by atoms with E-state index >= 15 is 0 Å². The second-order valence-electron chi connectivity index (χ2n) is 8.27. The number of aromatic nitrogens is 2. The summed E-state index contributed by atoms with van der Waals surface area (Å²) in [7, 11) is 1.94. The van der Waals surface area contributed by atoms with Crippen LogP contribution >= 0.6 is 23.2 Å². The molecule has 0 aliphatic heterocycles. The molecule has 4 rings (SSSR count). The van der Waals surface area contributed by atoms with Crippen LogP contribution in [0.3, 0.4) is 0 Å². The Hall–Kier alpha value is -1.95. The van der Waals surface area contributed by atoms with Crippen LogP contribution in [0.4, 0.5) is 17.3 Å². The summed E-state index contributed by atoms with van der Waals surface area (Å²) < 4.78 is 1.95. The summed E-state index contributed by atoms with van der Waals surface area (Å²) in [4.78, 5) is 4.65. The van der Waals surface area contributed by atoms with Crippen LogP contribution in [0.1, 0.15) is 44.6 Å². The first kappa shape index (κ1) is 20.3. The van der Waals surface area contributed by atoms with Crippen molar-refractivity contribution < 1.29 is 0 Å². The number of nitrogens with one attached hydrogen (secondary N) is 2. The lowest BCUT2D eigenvalue weighted by Crippen LogP contribution is -2.43. The van der Waals surface area contributed by atoms with Crippen molar-refractivity contribution in [2.24, 2.45) is 7.05 Å². The van der Waals surface area contributed by atoms with Gasteiger partial charge in [0.1, 0.15) is 0 Å². The van der Waals surface area contributed by atoms with Gasteiger partial charge in [0.15, 0.2) is 0 Å². The molecule has 0 bridgehead atoms. The average Bonchev–Trinajstić information content (AvgIpc) is 2.98. The first-order chi connectivity index (χ1) is 13.8. The molecule has 1 fully saturated rings. The maximum atomic E-state index is 6.46. The Morgan fingerprint density at radius 3 is 2.62 bits per heavy atom. The number of hydrogen-bond acceptors (Lipinski definition) is 4. The van der Waals surface area contributed by atoms with Gasteiger partial charge in [-0.1, -0.05) is 48.5 Å². The summed E-state index contributed by atoms with van der Waals surface area (Å²) in [6.45, 7) is 3.15. The Morgan fingerprint density at radius 1 is 1.10 bits per heavy atom. The third kappa shape index (κ3) is 4.32. The van der Waals surface area contributed by atoms with Gasteiger partial charge in [-0.3, -0.25) is 0 Å². The quantitative estimate of drug-likeness (QED) is 0.432. The zero-order chi connectivity index (χ0) is 20.6. The largest absolute Gasteiger partial charge is 0.397 e. The first-order valence-electron chi connectivity index (χ1n) is 10.1. The van der Waals surface area contributed by atoms with Crippen LogP contribution in [0.25, 0.3) is 11.0 Å². The van der Waals surface area contributed by atoms with Gasteiger partial charge in [0.2, 0.25) is 5.95 Å². The molecule has 154 valence electrons. The summed E-state index contributed by atoms with van der Waals surface area (Å²) in [5.74, 6) is 0.688. The number of nitrogen functional groups attached to an aromatic ring is 1. The van der Waals surface area contributed by atoms with Crippen LogP contribution < -0.4 is 16.4 Å². The van der Waals surface area contributed by atoms with E-state index in [1.54, 1.807) is 6.07 Å². The molecule has 1 aliphatic carbocycles. The number of benzene rings is 2. The minimum absolute atomic E-state index is 0.224. The molecule has 5 nitrogen and oxygen atoms in total. The van der Waals surface area contributed by atoms with E-state index in [0.717, 1.165) is 23.3 Å². The molecule has 1 heterocycles. The van der Waals surface area contributed by atoms with E-state index in [1.165, 1.54) is 37.7 Å². The van der Waals surface area contributed by atoms with Crippen LogP contribution in [-0.2, 0) is 13.6 Å². The van der Waals surface area contributed by atoms with Crippen LogP contribution in [0.5, 0.6) is 0 Å². The third-order valence-corrected chi connectivity index (χ3v) is 6.61. The molecule has 0 amide bonds. The summed E-state index contributed by atoms with van der Waals surface area (Å²) in [5.41, 5.74) is 10.4. The number of nitrogens with zero attached hydrogens (tertiary/aromatic N) is 2. The topological polar surface area (TPSA) is 67.9 Å². The van der Waals surface area contributed by atoms with E-state index in [0.29, 0.717) is 21.7 Å². The van der Waals surface area contributed by atoms with Crippen molar-refractivity contribution in [3.63, 3.8) is 0 Å². The highest BCUT2D eigenvalue weighted by Crippen LogP contribution is 2.32.